The zero-order chi connectivity index (χ0) is 8.10. The van der Waals surface area contributed by atoms with E-state index >= 15 is 0 Å². The highest BCUT2D eigenvalue weighted by Gasteiger charge is 2.10. The van der Waals surface area contributed by atoms with Gasteiger partial charge < -0.3 is 5.32 Å². The summed E-state index contributed by atoms with van der Waals surface area (Å²) < 4.78 is 0. The summed E-state index contributed by atoms with van der Waals surface area (Å²) in [5.74, 6) is 1.23. The van der Waals surface area contributed by atoms with Crippen LogP contribution in [-0.4, -0.2) is 18.4 Å². The number of nitrogens with one attached hydrogen (secondary N) is 1. The summed E-state index contributed by atoms with van der Waals surface area (Å²) in [6.07, 6.45) is 5.06. The Morgan fingerprint density at radius 3 is 2.91 bits per heavy atom. The monoisotopic (exact) mass is 154 g/mol. The minimum absolute atomic E-state index is 0.576. The summed E-state index contributed by atoms with van der Waals surface area (Å²) in [5, 5.41) is 3.36. The highest BCUT2D eigenvalue weighted by molar-refractivity contribution is 5.83. The molecule has 0 unspecified atom stereocenters. The molecule has 0 radical (unpaired) electrons. The van der Waals surface area contributed by atoms with Gasteiger partial charge in [-0.05, 0) is 13.3 Å². The van der Waals surface area contributed by atoms with E-state index in [1.165, 1.54) is 25.1 Å². The maximum Gasteiger partial charge on any atom is 0.0966 e. The second-order valence-corrected chi connectivity index (χ2v) is 3.29. The third-order valence-electron chi connectivity index (χ3n) is 1.99. The minimum atomic E-state index is 0.576. The number of rotatable bonds is 4. The molecule has 1 N–H and O–H groups in total. The van der Waals surface area contributed by atoms with Crippen molar-refractivity contribution in [2.24, 2.45) is 4.99 Å². The molecule has 0 aromatic heterocycles. The summed E-state index contributed by atoms with van der Waals surface area (Å²) in [4.78, 5) is 4.39. The summed E-state index contributed by atoms with van der Waals surface area (Å²) in [6, 6.07) is 0.576. The molecule has 0 saturated heterocycles. The summed E-state index contributed by atoms with van der Waals surface area (Å²) in [7, 11) is 0. The second-order valence-electron chi connectivity index (χ2n) is 3.29. The van der Waals surface area contributed by atoms with Gasteiger partial charge in [0.15, 0.2) is 0 Å². The van der Waals surface area contributed by atoms with Crippen molar-refractivity contribution in [3.05, 3.63) is 0 Å². The SMILES string of the molecule is CCCCCC1=NC[C@H](C)N1. The van der Waals surface area contributed by atoms with Gasteiger partial charge in [-0.25, -0.2) is 0 Å². The van der Waals surface area contributed by atoms with E-state index in [0.29, 0.717) is 6.04 Å². The molecule has 11 heavy (non-hydrogen) atoms. The zero-order valence-corrected chi connectivity index (χ0v) is 7.56. The van der Waals surface area contributed by atoms with Gasteiger partial charge in [0.2, 0.25) is 0 Å². The predicted octanol–water partition coefficient (Wildman–Crippen LogP) is 1.96. The van der Waals surface area contributed by atoms with E-state index in [0.717, 1.165) is 13.0 Å². The number of amidine groups is 1. The molecule has 0 saturated carbocycles. The molecule has 0 aromatic carbocycles. The number of unbranched alkanes of at least 4 members (excludes halogenated alkanes) is 2. The molecule has 1 aliphatic rings. The van der Waals surface area contributed by atoms with Gasteiger partial charge >= 0.3 is 0 Å². The largest absolute Gasteiger partial charge is 0.370 e. The first-order chi connectivity index (χ1) is 5.33. The predicted molar refractivity (Wildman–Crippen MR) is 49.0 cm³/mol. The van der Waals surface area contributed by atoms with Crippen LogP contribution in [-0.2, 0) is 0 Å². The molecule has 1 atom stereocenters. The van der Waals surface area contributed by atoms with Crippen LogP contribution in [0.5, 0.6) is 0 Å². The minimum Gasteiger partial charge on any atom is -0.370 e. The quantitative estimate of drug-likeness (QED) is 0.615. The molecule has 0 fully saturated rings. The number of hydrogen-bond acceptors (Lipinski definition) is 2. The first-order valence-electron chi connectivity index (χ1n) is 4.62. The fourth-order valence-corrected chi connectivity index (χ4v) is 1.32. The summed E-state index contributed by atoms with van der Waals surface area (Å²) >= 11 is 0. The maximum absolute atomic E-state index is 4.39. The molecule has 64 valence electrons. The average molecular weight is 154 g/mol. The van der Waals surface area contributed by atoms with E-state index in [9.17, 15) is 0 Å². The zero-order valence-electron chi connectivity index (χ0n) is 7.56. The fourth-order valence-electron chi connectivity index (χ4n) is 1.32. The molecule has 0 amide bonds. The molecule has 0 spiro atoms. The van der Waals surface area contributed by atoms with Gasteiger partial charge in [-0.15, -0.1) is 0 Å². The van der Waals surface area contributed by atoms with Crippen molar-refractivity contribution >= 4 is 5.84 Å². The van der Waals surface area contributed by atoms with E-state index in [1.54, 1.807) is 0 Å². The average Bonchev–Trinajstić information content (AvgIpc) is 2.37. The maximum atomic E-state index is 4.39. The molecule has 0 aliphatic carbocycles. The molecule has 1 heterocycles. The lowest BCUT2D eigenvalue weighted by atomic mass is 10.2. The van der Waals surface area contributed by atoms with Crippen LogP contribution in [0.3, 0.4) is 0 Å². The van der Waals surface area contributed by atoms with Crippen molar-refractivity contribution < 1.29 is 0 Å². The Balaban J connectivity index is 2.08. The molecular weight excluding hydrogens is 136 g/mol. The first kappa shape index (κ1) is 8.57. The van der Waals surface area contributed by atoms with E-state index < -0.39 is 0 Å². The van der Waals surface area contributed by atoms with Crippen molar-refractivity contribution in [2.75, 3.05) is 6.54 Å². The number of hydrogen-bond donors (Lipinski definition) is 1. The fraction of sp³-hybridized carbons (Fsp3) is 0.889. The van der Waals surface area contributed by atoms with Crippen LogP contribution >= 0.6 is 0 Å². The molecular formula is C9H18N2. The van der Waals surface area contributed by atoms with Gasteiger partial charge in [0.25, 0.3) is 0 Å². The van der Waals surface area contributed by atoms with E-state index in [4.69, 9.17) is 0 Å². The van der Waals surface area contributed by atoms with Crippen molar-refractivity contribution in [1.29, 1.82) is 0 Å². The van der Waals surface area contributed by atoms with Crippen LogP contribution in [0.1, 0.15) is 39.5 Å². The Labute approximate surface area is 69.1 Å². The Bertz CT molecular complexity index is 140. The Morgan fingerprint density at radius 1 is 1.55 bits per heavy atom. The molecule has 1 rings (SSSR count). The van der Waals surface area contributed by atoms with Crippen LogP contribution in [0.15, 0.2) is 4.99 Å². The molecule has 0 aromatic rings. The van der Waals surface area contributed by atoms with Crippen molar-refractivity contribution in [2.45, 2.75) is 45.6 Å². The van der Waals surface area contributed by atoms with Crippen LogP contribution in [0, 0.1) is 0 Å². The van der Waals surface area contributed by atoms with Crippen LogP contribution in [0.2, 0.25) is 0 Å². The van der Waals surface area contributed by atoms with Gasteiger partial charge in [0.05, 0.1) is 12.4 Å². The van der Waals surface area contributed by atoms with Gasteiger partial charge in [0.1, 0.15) is 0 Å². The van der Waals surface area contributed by atoms with E-state index in [1.807, 2.05) is 0 Å². The Kier molecular flexibility index (Phi) is 3.40. The van der Waals surface area contributed by atoms with Crippen molar-refractivity contribution in [1.82, 2.24) is 5.32 Å². The lowest BCUT2D eigenvalue weighted by Crippen LogP contribution is -2.26. The van der Waals surface area contributed by atoms with Crippen molar-refractivity contribution in [3.63, 3.8) is 0 Å². The Morgan fingerprint density at radius 2 is 2.36 bits per heavy atom. The standard InChI is InChI=1S/C9H18N2/c1-3-4-5-6-9-10-7-8(2)11-9/h8H,3-7H2,1-2H3,(H,10,11)/t8-/m0/s1. The second kappa shape index (κ2) is 4.37. The van der Waals surface area contributed by atoms with Gasteiger partial charge in [-0.1, -0.05) is 19.8 Å². The molecule has 1 aliphatic heterocycles. The van der Waals surface area contributed by atoms with Crippen LogP contribution in [0.25, 0.3) is 0 Å². The van der Waals surface area contributed by atoms with Crippen LogP contribution in [0.4, 0.5) is 0 Å². The highest BCUT2D eigenvalue weighted by Crippen LogP contribution is 2.04. The first-order valence-corrected chi connectivity index (χ1v) is 4.62. The number of aliphatic imine (C=N–C) groups is 1. The normalized spacial score (nSPS) is 23.1. The lowest BCUT2D eigenvalue weighted by Gasteiger charge is -2.04. The lowest BCUT2D eigenvalue weighted by molar-refractivity contribution is 0.703. The number of nitrogens with zero attached hydrogens (tertiary/aromatic N) is 1. The highest BCUT2D eigenvalue weighted by atomic mass is 15.1. The van der Waals surface area contributed by atoms with Gasteiger partial charge in [-0.2, -0.15) is 0 Å². The Hall–Kier alpha value is -0.530. The molecule has 2 heteroatoms. The third kappa shape index (κ3) is 2.91. The van der Waals surface area contributed by atoms with Gasteiger partial charge in [-0.3, -0.25) is 4.99 Å². The summed E-state index contributed by atoms with van der Waals surface area (Å²) in [5.41, 5.74) is 0. The topological polar surface area (TPSA) is 24.4 Å². The third-order valence-corrected chi connectivity index (χ3v) is 1.99. The van der Waals surface area contributed by atoms with Crippen molar-refractivity contribution in [3.8, 4) is 0 Å². The van der Waals surface area contributed by atoms with Gasteiger partial charge in [0, 0.05) is 12.5 Å². The molecule has 2 nitrogen and oxygen atoms in total. The molecule has 0 bridgehead atoms. The van der Waals surface area contributed by atoms with E-state index in [2.05, 4.69) is 24.2 Å². The summed E-state index contributed by atoms with van der Waals surface area (Å²) in [6.45, 7) is 5.38. The van der Waals surface area contributed by atoms with E-state index in [-0.39, 0.29) is 0 Å². The smallest absolute Gasteiger partial charge is 0.0966 e. The van der Waals surface area contributed by atoms with Crippen LogP contribution < -0.4 is 5.32 Å².